The van der Waals surface area contributed by atoms with Gasteiger partial charge in [0.1, 0.15) is 34.7 Å². The van der Waals surface area contributed by atoms with Gasteiger partial charge in [0.05, 0.1) is 11.8 Å². The number of hydrogen-bond donors (Lipinski definition) is 2. The maximum atomic E-state index is 12.8. The van der Waals surface area contributed by atoms with Gasteiger partial charge < -0.3 is 24.3 Å². The van der Waals surface area contributed by atoms with Crippen LogP contribution < -0.4 is 15.5 Å². The minimum atomic E-state index is -0.654. The zero-order chi connectivity index (χ0) is 23.4. The van der Waals surface area contributed by atoms with Crippen molar-refractivity contribution >= 4 is 34.0 Å². The third kappa shape index (κ3) is 4.95. The fraction of sp³-hybridized carbons (Fsp3) is 0.160. The van der Waals surface area contributed by atoms with Gasteiger partial charge in [0.25, 0.3) is 0 Å². The van der Waals surface area contributed by atoms with Crippen molar-refractivity contribution in [3.05, 3.63) is 82.0 Å². The maximum Gasteiger partial charge on any atom is 0.407 e. The van der Waals surface area contributed by atoms with E-state index < -0.39 is 12.1 Å². The van der Waals surface area contributed by atoms with Crippen LogP contribution in [-0.4, -0.2) is 23.7 Å². The molecule has 0 fully saturated rings. The summed E-state index contributed by atoms with van der Waals surface area (Å²) in [5.74, 6) is -0.973. The number of phenols is 1. The molecule has 0 spiro atoms. The molecule has 8 nitrogen and oxygen atoms in total. The lowest BCUT2D eigenvalue weighted by atomic mass is 10.1. The van der Waals surface area contributed by atoms with E-state index in [4.69, 9.17) is 13.9 Å². The van der Waals surface area contributed by atoms with Crippen LogP contribution in [0.5, 0.6) is 11.5 Å². The third-order valence-electron chi connectivity index (χ3n) is 4.99. The average molecular weight is 447 g/mol. The van der Waals surface area contributed by atoms with Gasteiger partial charge in [-0.2, -0.15) is 0 Å². The lowest BCUT2D eigenvalue weighted by Crippen LogP contribution is -2.27. The van der Waals surface area contributed by atoms with Gasteiger partial charge in [0.2, 0.25) is 5.43 Å². The van der Waals surface area contributed by atoms with E-state index in [0.717, 1.165) is 11.1 Å². The van der Waals surface area contributed by atoms with Crippen LogP contribution in [-0.2, 0) is 16.1 Å². The molecule has 168 valence electrons. The highest BCUT2D eigenvalue weighted by Crippen LogP contribution is 2.31. The molecule has 1 amide bonds. The number of ether oxygens (including phenoxy) is 2. The van der Waals surface area contributed by atoms with E-state index >= 15 is 0 Å². The molecule has 0 saturated heterocycles. The molecule has 0 aliphatic rings. The maximum absolute atomic E-state index is 12.8. The van der Waals surface area contributed by atoms with Crippen LogP contribution in [0.4, 0.5) is 4.79 Å². The van der Waals surface area contributed by atoms with Crippen LogP contribution in [0, 0.1) is 6.92 Å². The van der Waals surface area contributed by atoms with Crippen molar-refractivity contribution in [3.63, 3.8) is 0 Å². The molecule has 0 atom stereocenters. The number of phenolic OH excluding ortho intramolecular Hbond substituents is 1. The smallest absolute Gasteiger partial charge is 0.407 e. The van der Waals surface area contributed by atoms with E-state index in [1.165, 1.54) is 12.1 Å². The largest absolute Gasteiger partial charge is 0.507 e. The molecule has 0 aliphatic heterocycles. The van der Waals surface area contributed by atoms with Crippen LogP contribution in [0.3, 0.4) is 0 Å². The molecular formula is C25H21NO7. The summed E-state index contributed by atoms with van der Waals surface area (Å²) in [6, 6.07) is 16.9. The molecule has 4 rings (SSSR count). The number of aryl methyl sites for hydroxylation is 1. The summed E-state index contributed by atoms with van der Waals surface area (Å²) < 4.78 is 16.1. The first-order chi connectivity index (χ1) is 15.9. The summed E-state index contributed by atoms with van der Waals surface area (Å²) in [6.45, 7) is 1.93. The Hall–Kier alpha value is -4.33. The number of nitrogens with one attached hydrogen (secondary N) is 1. The second kappa shape index (κ2) is 9.44. The quantitative estimate of drug-likeness (QED) is 0.259. The highest BCUT2D eigenvalue weighted by Gasteiger charge is 2.16. The lowest BCUT2D eigenvalue weighted by molar-refractivity contribution is -0.134. The molecule has 0 bridgehead atoms. The normalized spacial score (nSPS) is 10.8. The highest BCUT2D eigenvalue weighted by atomic mass is 16.5. The van der Waals surface area contributed by atoms with E-state index in [-0.39, 0.29) is 47.5 Å². The molecule has 1 aromatic heterocycles. The van der Waals surface area contributed by atoms with Crippen molar-refractivity contribution in [3.8, 4) is 11.5 Å². The van der Waals surface area contributed by atoms with Crippen molar-refractivity contribution in [1.29, 1.82) is 0 Å². The Morgan fingerprint density at radius 3 is 2.64 bits per heavy atom. The van der Waals surface area contributed by atoms with E-state index in [0.29, 0.717) is 11.0 Å². The summed E-state index contributed by atoms with van der Waals surface area (Å²) >= 11 is 0. The van der Waals surface area contributed by atoms with Gasteiger partial charge in [-0.25, -0.2) is 4.79 Å². The van der Waals surface area contributed by atoms with Crippen molar-refractivity contribution in [1.82, 2.24) is 5.32 Å². The van der Waals surface area contributed by atoms with E-state index in [1.807, 2.05) is 30.3 Å². The monoisotopic (exact) mass is 447 g/mol. The number of aromatic hydroxyl groups is 1. The Bertz CT molecular complexity index is 1390. The third-order valence-corrected chi connectivity index (χ3v) is 4.99. The first-order valence-electron chi connectivity index (χ1n) is 10.3. The van der Waals surface area contributed by atoms with Gasteiger partial charge >= 0.3 is 12.1 Å². The van der Waals surface area contributed by atoms with Crippen LogP contribution in [0.2, 0.25) is 0 Å². The van der Waals surface area contributed by atoms with Crippen LogP contribution in [0.25, 0.3) is 21.9 Å². The van der Waals surface area contributed by atoms with E-state index in [2.05, 4.69) is 5.32 Å². The van der Waals surface area contributed by atoms with Gasteiger partial charge in [-0.05, 0) is 24.1 Å². The Balaban J connectivity index is 1.38. The molecule has 3 aromatic carbocycles. The van der Waals surface area contributed by atoms with E-state index in [1.54, 1.807) is 25.1 Å². The minimum absolute atomic E-state index is 0.00490. The molecule has 4 aromatic rings. The number of hydrogen-bond acceptors (Lipinski definition) is 7. The predicted molar refractivity (Wildman–Crippen MR) is 121 cm³/mol. The first-order valence-corrected chi connectivity index (χ1v) is 10.3. The summed E-state index contributed by atoms with van der Waals surface area (Å²) in [7, 11) is 0. The number of fused-ring (bicyclic) bond motifs is 2. The standard InChI is InChI=1S/C25H21NO7/c1-15-6-5-9-18-23(29)22-19(27)12-17(13-20(22)33-24(15)18)32-21(28)10-11-26-25(30)31-14-16-7-3-2-4-8-16/h2-9,12-13,27H,10-11,14H2,1H3,(H,26,30). The minimum Gasteiger partial charge on any atom is -0.507 e. The number of esters is 1. The topological polar surface area (TPSA) is 115 Å². The number of amides is 1. The van der Waals surface area contributed by atoms with Gasteiger partial charge in [0.15, 0.2) is 0 Å². The van der Waals surface area contributed by atoms with E-state index in [9.17, 15) is 19.5 Å². The Morgan fingerprint density at radius 2 is 1.85 bits per heavy atom. The zero-order valence-electron chi connectivity index (χ0n) is 17.8. The molecular weight excluding hydrogens is 426 g/mol. The van der Waals surface area contributed by atoms with Crippen molar-refractivity contribution < 1.29 is 28.6 Å². The molecule has 8 heteroatoms. The summed E-state index contributed by atoms with van der Waals surface area (Å²) in [6.07, 6.45) is -0.779. The Labute approximate surface area is 188 Å². The van der Waals surface area contributed by atoms with Crippen LogP contribution >= 0.6 is 0 Å². The fourth-order valence-electron chi connectivity index (χ4n) is 3.38. The van der Waals surface area contributed by atoms with Crippen LogP contribution in [0.1, 0.15) is 17.5 Å². The van der Waals surface area contributed by atoms with Crippen molar-refractivity contribution in [2.24, 2.45) is 0 Å². The second-order valence-electron chi connectivity index (χ2n) is 7.41. The van der Waals surface area contributed by atoms with Gasteiger partial charge in [-0.15, -0.1) is 0 Å². The zero-order valence-corrected chi connectivity index (χ0v) is 17.8. The Kier molecular flexibility index (Phi) is 6.26. The number of benzene rings is 3. The number of alkyl carbamates (subject to hydrolysis) is 1. The molecule has 1 heterocycles. The number of carbonyl (C=O) groups excluding carboxylic acids is 2. The summed E-state index contributed by atoms with van der Waals surface area (Å²) in [4.78, 5) is 36.7. The fourth-order valence-corrected chi connectivity index (χ4v) is 3.38. The first kappa shape index (κ1) is 21.9. The number of rotatable bonds is 6. The predicted octanol–water partition coefficient (Wildman–Crippen LogP) is 4.18. The molecule has 0 unspecified atom stereocenters. The molecule has 33 heavy (non-hydrogen) atoms. The molecule has 0 aliphatic carbocycles. The van der Waals surface area contributed by atoms with Crippen molar-refractivity contribution in [2.45, 2.75) is 20.0 Å². The Morgan fingerprint density at radius 1 is 1.06 bits per heavy atom. The van der Waals surface area contributed by atoms with Gasteiger partial charge in [-0.1, -0.05) is 42.5 Å². The van der Waals surface area contributed by atoms with Gasteiger partial charge in [-0.3, -0.25) is 9.59 Å². The molecule has 0 saturated carbocycles. The molecule has 2 N–H and O–H groups in total. The number of para-hydroxylation sites is 1. The second-order valence-corrected chi connectivity index (χ2v) is 7.41. The lowest BCUT2D eigenvalue weighted by Gasteiger charge is -2.09. The number of carbonyl (C=O) groups is 2. The van der Waals surface area contributed by atoms with Crippen molar-refractivity contribution in [2.75, 3.05) is 6.54 Å². The van der Waals surface area contributed by atoms with Crippen LogP contribution in [0.15, 0.2) is 69.9 Å². The highest BCUT2D eigenvalue weighted by molar-refractivity contribution is 5.95. The van der Waals surface area contributed by atoms with Gasteiger partial charge in [0, 0.05) is 18.7 Å². The SMILES string of the molecule is Cc1cccc2c(=O)c3c(O)cc(OC(=O)CCNC(=O)OCc4ccccc4)cc3oc12. The average Bonchev–Trinajstić information content (AvgIpc) is 2.79. The molecule has 0 radical (unpaired) electrons. The summed E-state index contributed by atoms with van der Waals surface area (Å²) in [5.41, 5.74) is 1.74. The summed E-state index contributed by atoms with van der Waals surface area (Å²) in [5, 5.41) is 13.2.